The number of H-pyrrole nitrogens is 1. The molecule has 0 atom stereocenters. The Balaban J connectivity index is 1.39. The number of nitrogens with zero attached hydrogens (tertiary/aromatic N) is 1. The Bertz CT molecular complexity index is 2390. The largest absolute Gasteiger partial charge is 0.354 e. The topological polar surface area (TPSA) is 19.0 Å². The van der Waals surface area contributed by atoms with Crippen LogP contribution in [0.3, 0.4) is 0 Å². The van der Waals surface area contributed by atoms with Crippen molar-refractivity contribution >= 4 is 57.1 Å². The highest BCUT2D eigenvalue weighted by molar-refractivity contribution is 6.73. The first-order valence-corrected chi connectivity index (χ1v) is 17.3. The molecule has 0 fully saturated rings. The van der Waals surface area contributed by atoms with Crippen molar-refractivity contribution in [2.24, 2.45) is 0 Å². The lowest BCUT2D eigenvalue weighted by Gasteiger charge is -2.37. The summed E-state index contributed by atoms with van der Waals surface area (Å²) in [6, 6.07) is 39.2. The van der Waals surface area contributed by atoms with Gasteiger partial charge >= 0.3 is 0 Å². The van der Waals surface area contributed by atoms with Gasteiger partial charge in [-0.15, -0.1) is 0 Å². The number of nitrogens with one attached hydrogen (secondary N) is 1. The van der Waals surface area contributed by atoms with Crippen LogP contribution < -0.4 is 15.8 Å². The second-order valence-electron chi connectivity index (χ2n) is 13.8. The van der Waals surface area contributed by atoms with Crippen LogP contribution in [0.5, 0.6) is 0 Å². The third kappa shape index (κ3) is 4.33. The van der Waals surface area contributed by atoms with Gasteiger partial charge in [0.05, 0.1) is 5.52 Å². The number of aryl methyl sites for hydroxylation is 4. The fourth-order valence-corrected chi connectivity index (χ4v) is 8.49. The van der Waals surface area contributed by atoms with Gasteiger partial charge in [-0.05, 0) is 132 Å². The number of fused-ring (bicyclic) bond motifs is 8. The van der Waals surface area contributed by atoms with Gasteiger partial charge in [0.2, 0.25) is 0 Å². The van der Waals surface area contributed by atoms with Gasteiger partial charge in [0, 0.05) is 38.9 Å². The molecule has 0 amide bonds. The van der Waals surface area contributed by atoms with Crippen molar-refractivity contribution in [3.63, 3.8) is 0 Å². The lowest BCUT2D eigenvalue weighted by molar-refractivity contribution is 0.796. The summed E-state index contributed by atoms with van der Waals surface area (Å²) < 4.78 is 0. The SMILES string of the molecule is CCCCc1ccc2[nH]c3c(-c4c5c(cc6c4-c4ccccc4C6)N(c4ccccc4C)c4c(C)cccc4B5)cc(C)cc3c2c1. The van der Waals surface area contributed by atoms with Gasteiger partial charge in [0.25, 0.3) is 0 Å². The van der Waals surface area contributed by atoms with Crippen LogP contribution in [0.15, 0.2) is 103 Å². The van der Waals surface area contributed by atoms with E-state index in [-0.39, 0.29) is 0 Å². The van der Waals surface area contributed by atoms with Crippen LogP contribution in [-0.2, 0) is 12.8 Å². The van der Waals surface area contributed by atoms with Crippen LogP contribution in [0.1, 0.15) is 53.1 Å². The molecule has 0 saturated heterocycles. The Hall–Kier alpha value is -5.02. The molecule has 2 aliphatic rings. The summed E-state index contributed by atoms with van der Waals surface area (Å²) in [5.74, 6) is 0. The molecule has 228 valence electrons. The number of benzene rings is 6. The second-order valence-corrected chi connectivity index (χ2v) is 13.8. The number of aromatic nitrogens is 1. The summed E-state index contributed by atoms with van der Waals surface area (Å²) in [7, 11) is 0.899. The summed E-state index contributed by atoms with van der Waals surface area (Å²) in [5, 5.41) is 2.66. The van der Waals surface area contributed by atoms with Crippen molar-refractivity contribution in [1.82, 2.24) is 4.98 Å². The van der Waals surface area contributed by atoms with Crippen molar-refractivity contribution in [3.8, 4) is 22.3 Å². The molecular weight excluding hydrogens is 567 g/mol. The quantitative estimate of drug-likeness (QED) is 0.193. The van der Waals surface area contributed by atoms with Gasteiger partial charge in [-0.1, -0.05) is 85.5 Å². The molecule has 2 heterocycles. The number of para-hydroxylation sites is 2. The molecule has 0 bridgehead atoms. The predicted octanol–water partition coefficient (Wildman–Crippen LogP) is 10.00. The molecule has 0 saturated carbocycles. The standard InChI is InChI=1S/C44H39BN2/c1-5-6-14-29-19-20-37-33(23-29)34-21-26(2)22-35(43(34)46-37)41-40-31(24-30-15-8-9-16-32(30)40)25-39-42(41)45-36-17-11-13-28(4)44(36)47(39)38-18-10-7-12-27(38)3/h7-13,15-23,25,45-46H,5-6,14,24H2,1-4H3. The van der Waals surface area contributed by atoms with E-state index >= 15 is 0 Å². The number of anilines is 3. The molecule has 1 aliphatic carbocycles. The molecule has 2 nitrogen and oxygen atoms in total. The smallest absolute Gasteiger partial charge is 0.198 e. The maximum Gasteiger partial charge on any atom is 0.198 e. The number of hydrogen-bond acceptors (Lipinski definition) is 1. The molecule has 1 N–H and O–H groups in total. The highest BCUT2D eigenvalue weighted by atomic mass is 15.2. The summed E-state index contributed by atoms with van der Waals surface area (Å²) in [4.78, 5) is 6.52. The average Bonchev–Trinajstić information content (AvgIpc) is 3.63. The lowest BCUT2D eigenvalue weighted by Crippen LogP contribution is -2.42. The van der Waals surface area contributed by atoms with Crippen LogP contribution >= 0.6 is 0 Å². The molecule has 0 unspecified atom stereocenters. The third-order valence-corrected chi connectivity index (χ3v) is 10.7. The molecule has 9 rings (SSSR count). The van der Waals surface area contributed by atoms with Crippen LogP contribution in [0, 0.1) is 20.8 Å². The minimum Gasteiger partial charge on any atom is -0.354 e. The zero-order valence-electron chi connectivity index (χ0n) is 27.8. The van der Waals surface area contributed by atoms with Crippen LogP contribution in [0.4, 0.5) is 17.1 Å². The predicted molar refractivity (Wildman–Crippen MR) is 203 cm³/mol. The van der Waals surface area contributed by atoms with E-state index < -0.39 is 0 Å². The zero-order valence-corrected chi connectivity index (χ0v) is 27.8. The lowest BCUT2D eigenvalue weighted by atomic mass is 9.57. The maximum atomic E-state index is 3.94. The number of rotatable bonds is 5. The molecule has 0 radical (unpaired) electrons. The number of hydrogen-bond donors (Lipinski definition) is 1. The Morgan fingerprint density at radius 1 is 0.702 bits per heavy atom. The van der Waals surface area contributed by atoms with Gasteiger partial charge in [0.15, 0.2) is 7.28 Å². The van der Waals surface area contributed by atoms with Gasteiger partial charge in [-0.25, -0.2) is 0 Å². The maximum absolute atomic E-state index is 3.94. The monoisotopic (exact) mass is 606 g/mol. The fraction of sp³-hybridized carbons (Fsp3) is 0.182. The summed E-state index contributed by atoms with van der Waals surface area (Å²) >= 11 is 0. The van der Waals surface area contributed by atoms with Crippen LogP contribution in [0.2, 0.25) is 0 Å². The van der Waals surface area contributed by atoms with E-state index in [1.54, 1.807) is 0 Å². The van der Waals surface area contributed by atoms with Gasteiger partial charge < -0.3 is 9.88 Å². The first-order valence-electron chi connectivity index (χ1n) is 17.3. The highest BCUT2D eigenvalue weighted by Gasteiger charge is 2.34. The summed E-state index contributed by atoms with van der Waals surface area (Å²) in [5.41, 5.74) is 22.8. The molecule has 1 aliphatic heterocycles. The van der Waals surface area contributed by atoms with Gasteiger partial charge in [0.1, 0.15) is 0 Å². The van der Waals surface area contributed by atoms with E-state index in [2.05, 4.69) is 141 Å². The van der Waals surface area contributed by atoms with E-state index in [9.17, 15) is 0 Å². The van der Waals surface area contributed by atoms with Crippen molar-refractivity contribution < 1.29 is 0 Å². The highest BCUT2D eigenvalue weighted by Crippen LogP contribution is 2.49. The van der Waals surface area contributed by atoms with E-state index in [0.717, 1.165) is 20.1 Å². The molecule has 47 heavy (non-hydrogen) atoms. The van der Waals surface area contributed by atoms with E-state index in [4.69, 9.17) is 0 Å². The Labute approximate surface area is 278 Å². The fourth-order valence-electron chi connectivity index (χ4n) is 8.49. The van der Waals surface area contributed by atoms with Crippen LogP contribution in [-0.4, -0.2) is 12.3 Å². The number of aromatic amines is 1. The van der Waals surface area contributed by atoms with E-state index in [1.807, 2.05) is 0 Å². The summed E-state index contributed by atoms with van der Waals surface area (Å²) in [6.45, 7) is 9.05. The summed E-state index contributed by atoms with van der Waals surface area (Å²) in [6.07, 6.45) is 4.51. The Kier molecular flexibility index (Phi) is 6.47. The normalized spacial score (nSPS) is 13.0. The van der Waals surface area contributed by atoms with Crippen molar-refractivity contribution in [1.29, 1.82) is 0 Å². The molecule has 3 heteroatoms. The molecule has 1 aromatic heterocycles. The van der Waals surface area contributed by atoms with Crippen molar-refractivity contribution in [3.05, 3.63) is 137 Å². The van der Waals surface area contributed by atoms with Crippen molar-refractivity contribution in [2.45, 2.75) is 53.4 Å². The minimum absolute atomic E-state index is 0.899. The third-order valence-electron chi connectivity index (χ3n) is 10.7. The first-order chi connectivity index (χ1) is 23.0. The van der Waals surface area contributed by atoms with Gasteiger partial charge in [-0.3, -0.25) is 0 Å². The minimum atomic E-state index is 0.899. The van der Waals surface area contributed by atoms with E-state index in [1.165, 1.54) is 118 Å². The zero-order chi connectivity index (χ0) is 31.8. The van der Waals surface area contributed by atoms with E-state index in [0.29, 0.717) is 0 Å². The van der Waals surface area contributed by atoms with Crippen molar-refractivity contribution in [2.75, 3.05) is 4.90 Å². The molecule has 0 spiro atoms. The number of unbranched alkanes of at least 4 members (excludes halogenated alkanes) is 1. The average molecular weight is 607 g/mol. The molecule has 6 aromatic carbocycles. The Morgan fingerprint density at radius 3 is 2.40 bits per heavy atom. The van der Waals surface area contributed by atoms with Crippen LogP contribution in [0.25, 0.3) is 44.1 Å². The van der Waals surface area contributed by atoms with Gasteiger partial charge in [-0.2, -0.15) is 0 Å². The second kappa shape index (κ2) is 10.8. The Morgan fingerprint density at radius 2 is 1.53 bits per heavy atom. The molecular formula is C44H39BN2. The first kappa shape index (κ1) is 28.2. The molecule has 7 aromatic rings.